The standard InChI is InChI=1S/C9H17NS/c1-4-9(10-5-1)8-3-2-6-11-7-8/h8-10H,1-7H2. The smallest absolute Gasteiger partial charge is 0.0104 e. The second kappa shape index (κ2) is 3.81. The average molecular weight is 171 g/mol. The summed E-state index contributed by atoms with van der Waals surface area (Å²) < 4.78 is 0. The van der Waals surface area contributed by atoms with Crippen molar-refractivity contribution in [3.63, 3.8) is 0 Å². The molecular formula is C9H17NS. The topological polar surface area (TPSA) is 12.0 Å². The van der Waals surface area contributed by atoms with Crippen LogP contribution in [0.15, 0.2) is 0 Å². The molecule has 0 radical (unpaired) electrons. The van der Waals surface area contributed by atoms with Gasteiger partial charge in [0.25, 0.3) is 0 Å². The minimum Gasteiger partial charge on any atom is -0.314 e. The molecule has 0 aromatic rings. The first kappa shape index (κ1) is 7.93. The number of hydrogen-bond donors (Lipinski definition) is 1. The third-order valence-electron chi connectivity index (χ3n) is 2.86. The van der Waals surface area contributed by atoms with E-state index in [2.05, 4.69) is 17.1 Å². The zero-order valence-corrected chi connectivity index (χ0v) is 7.83. The summed E-state index contributed by atoms with van der Waals surface area (Å²) in [5, 5.41) is 3.61. The van der Waals surface area contributed by atoms with E-state index in [9.17, 15) is 0 Å². The number of hydrogen-bond acceptors (Lipinski definition) is 2. The second-order valence-electron chi connectivity index (χ2n) is 3.68. The van der Waals surface area contributed by atoms with Crippen LogP contribution in [0.2, 0.25) is 0 Å². The van der Waals surface area contributed by atoms with Gasteiger partial charge in [0.05, 0.1) is 0 Å². The van der Waals surface area contributed by atoms with Crippen molar-refractivity contribution in [1.82, 2.24) is 5.32 Å². The molecule has 2 heteroatoms. The second-order valence-corrected chi connectivity index (χ2v) is 4.83. The van der Waals surface area contributed by atoms with Gasteiger partial charge in [-0.1, -0.05) is 0 Å². The minimum atomic E-state index is 0.878. The maximum atomic E-state index is 3.61. The summed E-state index contributed by atoms with van der Waals surface area (Å²) in [6.07, 6.45) is 5.77. The fraction of sp³-hybridized carbons (Fsp3) is 1.00. The predicted molar refractivity (Wildman–Crippen MR) is 51.1 cm³/mol. The lowest BCUT2D eigenvalue weighted by atomic mass is 9.95. The summed E-state index contributed by atoms with van der Waals surface area (Å²) in [5.41, 5.74) is 0. The fourth-order valence-corrected chi connectivity index (χ4v) is 3.44. The van der Waals surface area contributed by atoms with Gasteiger partial charge < -0.3 is 5.32 Å². The Morgan fingerprint density at radius 3 is 2.82 bits per heavy atom. The molecule has 1 N–H and O–H groups in total. The molecule has 2 saturated heterocycles. The molecule has 11 heavy (non-hydrogen) atoms. The summed E-state index contributed by atoms with van der Waals surface area (Å²) in [6.45, 7) is 1.27. The molecule has 2 heterocycles. The van der Waals surface area contributed by atoms with Gasteiger partial charge in [-0.25, -0.2) is 0 Å². The van der Waals surface area contributed by atoms with Gasteiger partial charge in [-0.2, -0.15) is 11.8 Å². The summed E-state index contributed by atoms with van der Waals surface area (Å²) in [4.78, 5) is 0. The SMILES string of the molecule is C1CSCC(C2CCCN2)C1. The lowest BCUT2D eigenvalue weighted by molar-refractivity contribution is 0.392. The predicted octanol–water partition coefficient (Wildman–Crippen LogP) is 1.88. The Bertz CT molecular complexity index is 115. The maximum absolute atomic E-state index is 3.61. The van der Waals surface area contributed by atoms with E-state index in [0.29, 0.717) is 0 Å². The molecule has 0 bridgehead atoms. The van der Waals surface area contributed by atoms with Crippen molar-refractivity contribution in [2.24, 2.45) is 5.92 Å². The van der Waals surface area contributed by atoms with E-state index in [0.717, 1.165) is 12.0 Å². The number of thioether (sulfide) groups is 1. The third-order valence-corrected chi connectivity index (χ3v) is 4.10. The molecule has 0 aromatic heterocycles. The highest BCUT2D eigenvalue weighted by atomic mass is 32.2. The quantitative estimate of drug-likeness (QED) is 0.646. The van der Waals surface area contributed by atoms with E-state index in [4.69, 9.17) is 0 Å². The van der Waals surface area contributed by atoms with Crippen LogP contribution in [0, 0.1) is 5.92 Å². The maximum Gasteiger partial charge on any atom is 0.0104 e. The molecule has 0 aromatic carbocycles. The molecule has 64 valence electrons. The van der Waals surface area contributed by atoms with Crippen molar-refractivity contribution in [2.45, 2.75) is 31.7 Å². The van der Waals surface area contributed by atoms with Crippen molar-refractivity contribution in [3.05, 3.63) is 0 Å². The lowest BCUT2D eigenvalue weighted by Gasteiger charge is -2.26. The highest BCUT2D eigenvalue weighted by Gasteiger charge is 2.25. The monoisotopic (exact) mass is 171 g/mol. The van der Waals surface area contributed by atoms with Gasteiger partial charge in [-0.3, -0.25) is 0 Å². The minimum absolute atomic E-state index is 0.878. The van der Waals surface area contributed by atoms with E-state index >= 15 is 0 Å². The highest BCUT2D eigenvalue weighted by molar-refractivity contribution is 7.99. The summed E-state index contributed by atoms with van der Waals surface area (Å²) >= 11 is 2.15. The molecule has 2 aliphatic rings. The van der Waals surface area contributed by atoms with Crippen molar-refractivity contribution >= 4 is 11.8 Å². The summed E-state index contributed by atoms with van der Waals surface area (Å²) in [7, 11) is 0. The van der Waals surface area contributed by atoms with Crippen LogP contribution >= 0.6 is 11.8 Å². The molecule has 0 amide bonds. The summed E-state index contributed by atoms with van der Waals surface area (Å²) in [5.74, 6) is 3.82. The Hall–Kier alpha value is 0.310. The Kier molecular flexibility index (Phi) is 2.75. The first-order valence-electron chi connectivity index (χ1n) is 4.78. The van der Waals surface area contributed by atoms with E-state index in [-0.39, 0.29) is 0 Å². The van der Waals surface area contributed by atoms with E-state index in [1.165, 1.54) is 43.7 Å². The molecule has 2 aliphatic heterocycles. The van der Waals surface area contributed by atoms with Gasteiger partial charge in [-0.05, 0) is 49.7 Å². The first-order chi connectivity index (χ1) is 5.47. The van der Waals surface area contributed by atoms with Crippen molar-refractivity contribution in [3.8, 4) is 0 Å². The van der Waals surface area contributed by atoms with Crippen molar-refractivity contribution < 1.29 is 0 Å². The molecule has 0 aliphatic carbocycles. The van der Waals surface area contributed by atoms with Crippen LogP contribution in [0.5, 0.6) is 0 Å². The molecule has 2 atom stereocenters. The van der Waals surface area contributed by atoms with Gasteiger partial charge in [-0.15, -0.1) is 0 Å². The Morgan fingerprint density at radius 1 is 1.18 bits per heavy atom. The van der Waals surface area contributed by atoms with Gasteiger partial charge in [0.2, 0.25) is 0 Å². The van der Waals surface area contributed by atoms with E-state index in [1.54, 1.807) is 0 Å². The first-order valence-corrected chi connectivity index (χ1v) is 5.93. The zero-order valence-electron chi connectivity index (χ0n) is 7.01. The van der Waals surface area contributed by atoms with Crippen molar-refractivity contribution in [2.75, 3.05) is 18.1 Å². The number of nitrogens with one attached hydrogen (secondary N) is 1. The molecular weight excluding hydrogens is 154 g/mol. The molecule has 1 nitrogen and oxygen atoms in total. The molecule has 2 fully saturated rings. The zero-order chi connectivity index (χ0) is 7.52. The number of rotatable bonds is 1. The van der Waals surface area contributed by atoms with Gasteiger partial charge in [0, 0.05) is 6.04 Å². The van der Waals surface area contributed by atoms with Gasteiger partial charge >= 0.3 is 0 Å². The Balaban J connectivity index is 1.82. The molecule has 2 unspecified atom stereocenters. The van der Waals surface area contributed by atoms with E-state index in [1.807, 2.05) is 0 Å². The lowest BCUT2D eigenvalue weighted by Crippen LogP contribution is -2.33. The fourth-order valence-electron chi connectivity index (χ4n) is 2.20. The molecule has 0 saturated carbocycles. The summed E-state index contributed by atoms with van der Waals surface area (Å²) in [6, 6.07) is 0.878. The van der Waals surface area contributed by atoms with Crippen LogP contribution in [-0.4, -0.2) is 24.1 Å². The van der Waals surface area contributed by atoms with Crippen LogP contribution in [0.3, 0.4) is 0 Å². The normalized spacial score (nSPS) is 39.3. The molecule has 2 rings (SSSR count). The Labute approximate surface area is 73.3 Å². The molecule has 0 spiro atoms. The van der Waals surface area contributed by atoms with Crippen LogP contribution in [0.25, 0.3) is 0 Å². The van der Waals surface area contributed by atoms with Gasteiger partial charge in [0.15, 0.2) is 0 Å². The van der Waals surface area contributed by atoms with Gasteiger partial charge in [0.1, 0.15) is 0 Å². The van der Waals surface area contributed by atoms with E-state index < -0.39 is 0 Å². The highest BCUT2D eigenvalue weighted by Crippen LogP contribution is 2.28. The third kappa shape index (κ3) is 1.91. The Morgan fingerprint density at radius 2 is 2.18 bits per heavy atom. The van der Waals surface area contributed by atoms with Crippen molar-refractivity contribution in [1.29, 1.82) is 0 Å². The van der Waals surface area contributed by atoms with Crippen LogP contribution in [0.4, 0.5) is 0 Å². The van der Waals surface area contributed by atoms with Crippen LogP contribution < -0.4 is 5.32 Å². The average Bonchev–Trinajstić information content (AvgIpc) is 2.58. The van der Waals surface area contributed by atoms with Crippen LogP contribution in [0.1, 0.15) is 25.7 Å². The largest absolute Gasteiger partial charge is 0.314 e. The van der Waals surface area contributed by atoms with Crippen LogP contribution in [-0.2, 0) is 0 Å².